The largest absolute Gasteiger partial charge is 0.493 e. The highest BCUT2D eigenvalue weighted by molar-refractivity contribution is 6.30. The molecule has 1 saturated carbocycles. The first-order valence-electron chi connectivity index (χ1n) is 6.12. The normalized spacial score (nSPS) is 15.1. The molecule has 1 aromatic carbocycles. The van der Waals surface area contributed by atoms with Gasteiger partial charge < -0.3 is 9.47 Å². The molecule has 0 N–H and O–H groups in total. The zero-order chi connectivity index (χ0) is 13.1. The molecule has 0 aliphatic heterocycles. The fraction of sp³-hybridized carbons (Fsp3) is 0.500. The van der Waals surface area contributed by atoms with E-state index in [4.69, 9.17) is 21.1 Å². The first-order valence-corrected chi connectivity index (χ1v) is 6.50. The van der Waals surface area contributed by atoms with E-state index in [0.717, 1.165) is 18.4 Å². The van der Waals surface area contributed by atoms with Crippen LogP contribution in [0.5, 0.6) is 11.5 Å². The van der Waals surface area contributed by atoms with Gasteiger partial charge in [0.05, 0.1) is 13.2 Å². The van der Waals surface area contributed by atoms with Crippen molar-refractivity contribution >= 4 is 17.4 Å². The van der Waals surface area contributed by atoms with Crippen molar-refractivity contribution < 1.29 is 14.3 Å². The van der Waals surface area contributed by atoms with Gasteiger partial charge in [0, 0.05) is 23.1 Å². The summed E-state index contributed by atoms with van der Waals surface area (Å²) in [5.74, 6) is 1.35. The van der Waals surface area contributed by atoms with E-state index in [0.29, 0.717) is 22.9 Å². The Hall–Kier alpha value is -1.22. The lowest BCUT2D eigenvalue weighted by molar-refractivity contribution is -0.116. The van der Waals surface area contributed by atoms with Crippen LogP contribution in [0.15, 0.2) is 12.1 Å². The van der Waals surface area contributed by atoms with Crippen LogP contribution >= 0.6 is 11.6 Å². The number of hydrogen-bond acceptors (Lipinski definition) is 3. The minimum absolute atomic E-state index is 0.0813. The van der Waals surface area contributed by atoms with Crippen LogP contribution in [0.4, 0.5) is 0 Å². The maximum atomic E-state index is 11.3. The summed E-state index contributed by atoms with van der Waals surface area (Å²) in [7, 11) is 1.58. The van der Waals surface area contributed by atoms with Crippen molar-refractivity contribution in [2.24, 2.45) is 0 Å². The van der Waals surface area contributed by atoms with Crippen molar-refractivity contribution in [2.45, 2.75) is 38.7 Å². The van der Waals surface area contributed by atoms with E-state index in [1.54, 1.807) is 26.2 Å². The highest BCUT2D eigenvalue weighted by Crippen LogP contribution is 2.38. The molecule has 0 saturated heterocycles. The Balaban J connectivity index is 2.33. The monoisotopic (exact) mass is 268 g/mol. The van der Waals surface area contributed by atoms with Gasteiger partial charge in [-0.25, -0.2) is 0 Å². The van der Waals surface area contributed by atoms with E-state index in [1.807, 2.05) is 0 Å². The number of halogens is 1. The van der Waals surface area contributed by atoms with Gasteiger partial charge in [-0.2, -0.15) is 0 Å². The second-order valence-electron chi connectivity index (χ2n) is 4.65. The Morgan fingerprint density at radius 2 is 2.17 bits per heavy atom. The molecule has 1 fully saturated rings. The molecule has 2 rings (SSSR count). The van der Waals surface area contributed by atoms with Crippen LogP contribution in [-0.4, -0.2) is 19.0 Å². The number of methoxy groups -OCH3 is 1. The number of hydrogen-bond donors (Lipinski definition) is 0. The molecule has 0 atom stereocenters. The van der Waals surface area contributed by atoms with Crippen LogP contribution < -0.4 is 9.47 Å². The third-order valence-electron chi connectivity index (χ3n) is 3.09. The molecule has 0 amide bonds. The van der Waals surface area contributed by atoms with Crippen LogP contribution in [0.1, 0.15) is 31.7 Å². The van der Waals surface area contributed by atoms with Crippen molar-refractivity contribution in [3.05, 3.63) is 22.7 Å². The molecule has 4 heteroatoms. The molecule has 1 aliphatic carbocycles. The zero-order valence-corrected chi connectivity index (χ0v) is 11.4. The third-order valence-corrected chi connectivity index (χ3v) is 3.31. The van der Waals surface area contributed by atoms with E-state index >= 15 is 0 Å². The summed E-state index contributed by atoms with van der Waals surface area (Å²) in [4.78, 5) is 11.3. The predicted molar refractivity (Wildman–Crippen MR) is 70.7 cm³/mol. The molecule has 1 aromatic rings. The SMILES string of the molecule is COc1cc(Cl)cc(CC(C)=O)c1OC1CCC1. The Morgan fingerprint density at radius 3 is 2.67 bits per heavy atom. The molecular weight excluding hydrogens is 252 g/mol. The van der Waals surface area contributed by atoms with E-state index in [2.05, 4.69) is 0 Å². The lowest BCUT2D eigenvalue weighted by atomic mass is 9.96. The summed E-state index contributed by atoms with van der Waals surface area (Å²) in [6, 6.07) is 3.50. The van der Waals surface area contributed by atoms with Gasteiger partial charge in [-0.1, -0.05) is 11.6 Å². The summed E-state index contributed by atoms with van der Waals surface area (Å²) in [5, 5.41) is 0.559. The van der Waals surface area contributed by atoms with Crippen molar-refractivity contribution in [3.63, 3.8) is 0 Å². The van der Waals surface area contributed by atoms with Crippen molar-refractivity contribution in [3.8, 4) is 11.5 Å². The molecule has 3 nitrogen and oxygen atoms in total. The lowest BCUT2D eigenvalue weighted by Gasteiger charge is -2.28. The highest BCUT2D eigenvalue weighted by Gasteiger charge is 2.23. The minimum atomic E-state index is 0.0813. The van der Waals surface area contributed by atoms with E-state index in [-0.39, 0.29) is 11.9 Å². The van der Waals surface area contributed by atoms with Crippen LogP contribution in [0, 0.1) is 0 Å². The highest BCUT2D eigenvalue weighted by atomic mass is 35.5. The first-order chi connectivity index (χ1) is 8.60. The van der Waals surface area contributed by atoms with Gasteiger partial charge in [-0.3, -0.25) is 4.79 Å². The van der Waals surface area contributed by atoms with Crippen molar-refractivity contribution in [2.75, 3.05) is 7.11 Å². The van der Waals surface area contributed by atoms with E-state index < -0.39 is 0 Å². The average Bonchev–Trinajstić information content (AvgIpc) is 2.23. The second kappa shape index (κ2) is 5.61. The first kappa shape index (κ1) is 13.2. The zero-order valence-electron chi connectivity index (χ0n) is 10.7. The molecule has 0 aromatic heterocycles. The van der Waals surface area contributed by atoms with Crippen molar-refractivity contribution in [1.29, 1.82) is 0 Å². The lowest BCUT2D eigenvalue weighted by Crippen LogP contribution is -2.25. The summed E-state index contributed by atoms with van der Waals surface area (Å²) >= 11 is 6.02. The number of benzene rings is 1. The number of rotatable bonds is 5. The van der Waals surface area contributed by atoms with Gasteiger partial charge in [0.2, 0.25) is 0 Å². The number of ketones is 1. The summed E-state index contributed by atoms with van der Waals surface area (Å²) in [6.45, 7) is 1.56. The molecule has 0 radical (unpaired) electrons. The molecule has 0 bridgehead atoms. The van der Waals surface area contributed by atoms with Crippen LogP contribution in [-0.2, 0) is 11.2 Å². The Bertz CT molecular complexity index is 453. The number of carbonyl (C=O) groups is 1. The second-order valence-corrected chi connectivity index (χ2v) is 5.08. The molecule has 1 aliphatic rings. The fourth-order valence-corrected chi connectivity index (χ4v) is 2.19. The average molecular weight is 269 g/mol. The standard InChI is InChI=1S/C14H17ClO3/c1-9(16)6-10-7-11(15)8-13(17-2)14(10)18-12-4-3-5-12/h7-8,12H,3-6H2,1-2H3. The molecule has 0 heterocycles. The molecular formula is C14H17ClO3. The van der Waals surface area contributed by atoms with Gasteiger partial charge in [-0.15, -0.1) is 0 Å². The Morgan fingerprint density at radius 1 is 1.44 bits per heavy atom. The number of Topliss-reactive ketones (excluding diaryl/α,β-unsaturated/α-hetero) is 1. The van der Waals surface area contributed by atoms with Gasteiger partial charge in [0.1, 0.15) is 5.78 Å². The Kier molecular flexibility index (Phi) is 4.12. The number of ether oxygens (including phenoxy) is 2. The maximum Gasteiger partial charge on any atom is 0.165 e. The summed E-state index contributed by atoms with van der Waals surface area (Å²) in [6.07, 6.45) is 3.88. The van der Waals surface area contributed by atoms with Gasteiger partial charge in [0.15, 0.2) is 11.5 Å². The predicted octanol–water partition coefficient (Wildman–Crippen LogP) is 3.41. The fourth-order valence-electron chi connectivity index (χ4n) is 1.96. The quantitative estimate of drug-likeness (QED) is 0.821. The number of carbonyl (C=O) groups excluding carboxylic acids is 1. The molecule has 98 valence electrons. The van der Waals surface area contributed by atoms with Crippen LogP contribution in [0.3, 0.4) is 0 Å². The summed E-state index contributed by atoms with van der Waals surface area (Å²) < 4.78 is 11.2. The van der Waals surface area contributed by atoms with Gasteiger partial charge >= 0.3 is 0 Å². The molecule has 0 spiro atoms. The smallest absolute Gasteiger partial charge is 0.165 e. The van der Waals surface area contributed by atoms with Gasteiger partial charge in [0.25, 0.3) is 0 Å². The summed E-state index contributed by atoms with van der Waals surface area (Å²) in [5.41, 5.74) is 0.804. The Labute approximate surface area is 112 Å². The molecule has 0 unspecified atom stereocenters. The molecule has 18 heavy (non-hydrogen) atoms. The third kappa shape index (κ3) is 2.96. The van der Waals surface area contributed by atoms with E-state index in [9.17, 15) is 4.79 Å². The van der Waals surface area contributed by atoms with Gasteiger partial charge in [-0.05, 0) is 32.3 Å². The van der Waals surface area contributed by atoms with Crippen molar-refractivity contribution in [1.82, 2.24) is 0 Å². The van der Waals surface area contributed by atoms with Crippen LogP contribution in [0.2, 0.25) is 5.02 Å². The minimum Gasteiger partial charge on any atom is -0.493 e. The topological polar surface area (TPSA) is 35.5 Å². The van der Waals surface area contributed by atoms with E-state index in [1.165, 1.54) is 6.42 Å². The maximum absolute atomic E-state index is 11.3. The van der Waals surface area contributed by atoms with Crippen LogP contribution in [0.25, 0.3) is 0 Å².